The zero-order valence-electron chi connectivity index (χ0n) is 19.4. The molecule has 1 aliphatic carbocycles. The first-order chi connectivity index (χ1) is 13.1. The Hall–Kier alpha value is -0.370. The molecule has 0 unspecified atom stereocenters. The van der Waals surface area contributed by atoms with Gasteiger partial charge in [-0.15, -0.1) is 0 Å². The minimum Gasteiger partial charge on any atom is -0.381 e. The first-order valence-corrected chi connectivity index (χ1v) is 12.2. The van der Waals surface area contributed by atoms with Crippen molar-refractivity contribution in [3.05, 3.63) is 0 Å². The molecule has 0 heterocycles. The zero-order chi connectivity index (χ0) is 20.4. The molecule has 1 fully saturated rings. The van der Waals surface area contributed by atoms with E-state index in [1.54, 1.807) is 0 Å². The summed E-state index contributed by atoms with van der Waals surface area (Å²) in [5.74, 6) is 1.24. The summed E-state index contributed by atoms with van der Waals surface area (Å²) in [6.45, 7) is 12.6. The highest BCUT2D eigenvalue weighted by atomic mass is 16.5. The third-order valence-corrected chi connectivity index (χ3v) is 5.89. The Morgan fingerprint density at radius 3 is 2.11 bits per heavy atom. The molecule has 0 amide bonds. The summed E-state index contributed by atoms with van der Waals surface area (Å²) in [6, 6.07) is 0. The Morgan fingerprint density at radius 2 is 1.48 bits per heavy atom. The van der Waals surface area contributed by atoms with Crippen LogP contribution in [0.15, 0.2) is 0 Å². The third kappa shape index (κ3) is 14.3. The number of Topliss-reactive ketones (excluding diaryl/α,β-unsaturated/α-hetero) is 1. The van der Waals surface area contributed by atoms with Crippen LogP contribution in [0.5, 0.6) is 0 Å². The third-order valence-electron chi connectivity index (χ3n) is 5.89. The van der Waals surface area contributed by atoms with Crippen LogP contribution in [0.4, 0.5) is 0 Å². The average Bonchev–Trinajstić information content (AvgIpc) is 2.67. The van der Waals surface area contributed by atoms with Crippen LogP contribution in [0, 0.1) is 11.3 Å². The van der Waals surface area contributed by atoms with Gasteiger partial charge in [-0.3, -0.25) is 4.79 Å². The van der Waals surface area contributed by atoms with Crippen LogP contribution in [0.3, 0.4) is 0 Å². The highest BCUT2D eigenvalue weighted by Crippen LogP contribution is 2.44. The van der Waals surface area contributed by atoms with Crippen molar-refractivity contribution in [3.63, 3.8) is 0 Å². The molecular weight excluding hydrogens is 332 g/mol. The molecule has 2 heteroatoms. The molecule has 27 heavy (non-hydrogen) atoms. The van der Waals surface area contributed by atoms with Gasteiger partial charge in [-0.2, -0.15) is 0 Å². The largest absolute Gasteiger partial charge is 0.381 e. The summed E-state index contributed by atoms with van der Waals surface area (Å²) in [5.41, 5.74) is 0.631. The van der Waals surface area contributed by atoms with Crippen LogP contribution >= 0.6 is 0 Å². The summed E-state index contributed by atoms with van der Waals surface area (Å²) in [5, 5.41) is 0. The molecule has 0 radical (unpaired) electrons. The topological polar surface area (TPSA) is 26.3 Å². The van der Waals surface area contributed by atoms with E-state index in [-0.39, 0.29) is 0 Å². The molecule has 0 aromatic rings. The first-order valence-electron chi connectivity index (χ1n) is 12.2. The maximum absolute atomic E-state index is 11.2. The maximum atomic E-state index is 11.2. The number of unbranched alkanes of at least 4 members (excludes halogenated alkanes) is 4. The number of ketones is 1. The van der Waals surface area contributed by atoms with Gasteiger partial charge in [0.1, 0.15) is 5.78 Å². The van der Waals surface area contributed by atoms with Crippen LogP contribution in [-0.2, 0) is 9.53 Å². The summed E-state index contributed by atoms with van der Waals surface area (Å²) >= 11 is 0. The normalized spacial score (nSPS) is 16.1. The van der Waals surface area contributed by atoms with Gasteiger partial charge >= 0.3 is 0 Å². The number of carbonyl (C=O) groups excluding carboxylic acids is 1. The Kier molecular flexibility index (Phi) is 17.5. The zero-order valence-corrected chi connectivity index (χ0v) is 19.4. The molecule has 0 N–H and O–H groups in total. The van der Waals surface area contributed by atoms with E-state index < -0.39 is 0 Å². The lowest BCUT2D eigenvalue weighted by Crippen LogP contribution is -2.26. The van der Waals surface area contributed by atoms with Crippen LogP contribution in [0.1, 0.15) is 131 Å². The van der Waals surface area contributed by atoms with Crippen LogP contribution in [0.2, 0.25) is 0 Å². The molecule has 0 atom stereocenters. The van der Waals surface area contributed by atoms with Crippen molar-refractivity contribution in [2.24, 2.45) is 11.3 Å². The summed E-state index contributed by atoms with van der Waals surface area (Å²) in [6.07, 6.45) is 18.7. The van der Waals surface area contributed by atoms with Crippen LogP contribution in [-0.4, -0.2) is 19.0 Å². The van der Waals surface area contributed by atoms with Crippen molar-refractivity contribution in [1.29, 1.82) is 0 Å². The molecular formula is C25H50O2. The lowest BCUT2D eigenvalue weighted by molar-refractivity contribution is -0.118. The molecule has 0 spiro atoms. The van der Waals surface area contributed by atoms with Crippen molar-refractivity contribution in [2.75, 3.05) is 13.2 Å². The Morgan fingerprint density at radius 1 is 0.889 bits per heavy atom. The number of carbonyl (C=O) groups is 1. The fraction of sp³-hybridized carbons (Fsp3) is 0.960. The second-order valence-electron chi connectivity index (χ2n) is 8.78. The molecule has 2 nitrogen and oxygen atoms in total. The molecule has 0 aliphatic heterocycles. The minimum absolute atomic E-state index is 0.413. The number of rotatable bonds is 15. The first kappa shape index (κ1) is 26.6. The summed E-state index contributed by atoms with van der Waals surface area (Å²) in [7, 11) is 0. The fourth-order valence-corrected chi connectivity index (χ4v) is 4.61. The van der Waals surface area contributed by atoms with E-state index in [9.17, 15) is 4.79 Å². The van der Waals surface area contributed by atoms with Crippen LogP contribution < -0.4 is 0 Å². The molecule has 162 valence electrons. The van der Waals surface area contributed by atoms with E-state index in [4.69, 9.17) is 4.74 Å². The Balaban J connectivity index is 0.00000326. The van der Waals surface area contributed by atoms with Crippen molar-refractivity contribution < 1.29 is 9.53 Å². The van der Waals surface area contributed by atoms with Gasteiger partial charge < -0.3 is 4.74 Å². The monoisotopic (exact) mass is 382 g/mol. The van der Waals surface area contributed by atoms with Gasteiger partial charge in [0.05, 0.1) is 0 Å². The minimum atomic E-state index is 0.413. The van der Waals surface area contributed by atoms with E-state index in [0.29, 0.717) is 17.6 Å². The lowest BCUT2D eigenvalue weighted by Gasteiger charge is -2.39. The Bertz CT molecular complexity index is 329. The number of ether oxygens (including phenoxy) is 1. The lowest BCUT2D eigenvalue weighted by atomic mass is 9.67. The van der Waals surface area contributed by atoms with E-state index in [0.717, 1.165) is 32.0 Å². The van der Waals surface area contributed by atoms with Crippen molar-refractivity contribution in [3.8, 4) is 0 Å². The molecule has 1 rings (SSSR count). The second kappa shape index (κ2) is 17.7. The van der Waals surface area contributed by atoms with Crippen molar-refractivity contribution in [1.82, 2.24) is 0 Å². The summed E-state index contributed by atoms with van der Waals surface area (Å²) in [4.78, 5) is 11.2. The number of hydrogen-bond acceptors (Lipinski definition) is 2. The molecule has 0 bridgehead atoms. The predicted molar refractivity (Wildman–Crippen MR) is 119 cm³/mol. The average molecular weight is 383 g/mol. The molecule has 0 aromatic carbocycles. The van der Waals surface area contributed by atoms with Gasteiger partial charge in [-0.1, -0.05) is 73.1 Å². The highest BCUT2D eigenvalue weighted by molar-refractivity contribution is 5.77. The van der Waals surface area contributed by atoms with Crippen molar-refractivity contribution >= 4 is 5.78 Å². The van der Waals surface area contributed by atoms with E-state index in [2.05, 4.69) is 13.8 Å². The SMILES string of the molecule is CC.CCC(=O)CCCCCCCOCCCC1(CC(C)C)CCCCC1. The maximum Gasteiger partial charge on any atom is 0.132 e. The quantitative estimate of drug-likeness (QED) is 0.267. The second-order valence-corrected chi connectivity index (χ2v) is 8.78. The smallest absolute Gasteiger partial charge is 0.132 e. The highest BCUT2D eigenvalue weighted by Gasteiger charge is 2.31. The van der Waals surface area contributed by atoms with Gasteiger partial charge in [0, 0.05) is 26.1 Å². The van der Waals surface area contributed by atoms with E-state index >= 15 is 0 Å². The Labute approximate surface area is 171 Å². The molecule has 0 saturated heterocycles. The van der Waals surface area contributed by atoms with E-state index in [1.807, 2.05) is 20.8 Å². The number of hydrogen-bond donors (Lipinski definition) is 0. The predicted octanol–water partition coefficient (Wildman–Crippen LogP) is 8.13. The molecule has 1 saturated carbocycles. The standard InChI is InChI=1S/C23H44O2.C2H6/c1-4-22(24)14-9-6-5-7-12-18-25-19-13-17-23(20-21(2)3)15-10-8-11-16-23;1-2/h21H,4-20H2,1-3H3;1-2H3. The van der Waals surface area contributed by atoms with Gasteiger partial charge in [0.2, 0.25) is 0 Å². The van der Waals surface area contributed by atoms with Crippen molar-refractivity contribution in [2.45, 2.75) is 131 Å². The van der Waals surface area contributed by atoms with E-state index in [1.165, 1.54) is 77.0 Å². The summed E-state index contributed by atoms with van der Waals surface area (Å²) < 4.78 is 5.88. The van der Waals surface area contributed by atoms with Gasteiger partial charge in [0.25, 0.3) is 0 Å². The van der Waals surface area contributed by atoms with Gasteiger partial charge in [-0.05, 0) is 56.3 Å². The van der Waals surface area contributed by atoms with Crippen LogP contribution in [0.25, 0.3) is 0 Å². The molecule has 0 aromatic heterocycles. The fourth-order valence-electron chi connectivity index (χ4n) is 4.61. The van der Waals surface area contributed by atoms with Gasteiger partial charge in [-0.25, -0.2) is 0 Å². The molecule has 1 aliphatic rings. The van der Waals surface area contributed by atoms with Gasteiger partial charge in [0.15, 0.2) is 0 Å².